The van der Waals surface area contributed by atoms with E-state index in [0.717, 1.165) is 44.3 Å². The Morgan fingerprint density at radius 3 is 2.56 bits per heavy atom. The van der Waals surface area contributed by atoms with Gasteiger partial charge in [-0.3, -0.25) is 9.59 Å². The fourth-order valence-corrected chi connectivity index (χ4v) is 6.24. The van der Waals surface area contributed by atoms with Crippen LogP contribution in [0.1, 0.15) is 66.2 Å². The molecule has 0 radical (unpaired) electrons. The highest BCUT2D eigenvalue weighted by molar-refractivity contribution is 5.68. The summed E-state index contributed by atoms with van der Waals surface area (Å²) in [6.45, 7) is 7.63. The summed E-state index contributed by atoms with van der Waals surface area (Å²) in [4.78, 5) is 22.9. The molecule has 4 aliphatic carbocycles. The zero-order valence-corrected chi connectivity index (χ0v) is 16.8. The van der Waals surface area contributed by atoms with Crippen LogP contribution < -0.4 is 0 Å². The van der Waals surface area contributed by atoms with E-state index in [-0.39, 0.29) is 28.9 Å². The van der Waals surface area contributed by atoms with Crippen molar-refractivity contribution in [2.75, 3.05) is 0 Å². The van der Waals surface area contributed by atoms with Gasteiger partial charge in [0.05, 0.1) is 0 Å². The molecule has 4 rings (SSSR count). The highest BCUT2D eigenvalue weighted by atomic mass is 16.5. The third-order valence-corrected chi connectivity index (χ3v) is 7.63. The molecule has 4 nitrogen and oxygen atoms in total. The molecule has 2 fully saturated rings. The normalized spacial score (nSPS) is 39.9. The molecule has 0 aromatic carbocycles. The summed E-state index contributed by atoms with van der Waals surface area (Å²) in [6, 6.07) is 0. The van der Waals surface area contributed by atoms with Gasteiger partial charge in [0.1, 0.15) is 11.9 Å². The topological polar surface area (TPSA) is 52.6 Å². The van der Waals surface area contributed by atoms with Gasteiger partial charge in [-0.05, 0) is 62.4 Å². The van der Waals surface area contributed by atoms with Crippen LogP contribution in [0.2, 0.25) is 0 Å². The molecule has 5 atom stereocenters. The molecule has 4 aliphatic rings. The van der Waals surface area contributed by atoms with Crippen molar-refractivity contribution in [3.8, 4) is 0 Å². The van der Waals surface area contributed by atoms with E-state index in [4.69, 9.17) is 9.47 Å². The van der Waals surface area contributed by atoms with Crippen LogP contribution in [0.3, 0.4) is 0 Å². The lowest BCUT2D eigenvalue weighted by Crippen LogP contribution is -2.47. The first-order valence-electron chi connectivity index (χ1n) is 10.2. The molecule has 0 saturated heterocycles. The predicted octanol–water partition coefficient (Wildman–Crippen LogP) is 4.86. The van der Waals surface area contributed by atoms with E-state index in [1.54, 1.807) is 0 Å². The molecule has 0 bridgehead atoms. The molecule has 0 spiro atoms. The Morgan fingerprint density at radius 1 is 1.07 bits per heavy atom. The van der Waals surface area contributed by atoms with Crippen molar-refractivity contribution in [3.63, 3.8) is 0 Å². The first-order valence-corrected chi connectivity index (χ1v) is 10.2. The van der Waals surface area contributed by atoms with E-state index in [9.17, 15) is 9.59 Å². The summed E-state index contributed by atoms with van der Waals surface area (Å²) in [7, 11) is 0. The quantitative estimate of drug-likeness (QED) is 0.515. The SMILES string of the molecule is CC(=O)OC1=CC=C2[C@@H]3CC=C4C[C@H](OC(C)=O)CC[C@]4(C)[C@H]3CC[C@]12C. The highest BCUT2D eigenvalue weighted by Crippen LogP contribution is 2.63. The summed E-state index contributed by atoms with van der Waals surface area (Å²) >= 11 is 0. The highest BCUT2D eigenvalue weighted by Gasteiger charge is 2.55. The number of carbonyl (C=O) groups excluding carboxylic acids is 2. The predicted molar refractivity (Wildman–Crippen MR) is 102 cm³/mol. The number of hydrogen-bond donors (Lipinski definition) is 0. The number of ether oxygens (including phenoxy) is 2. The van der Waals surface area contributed by atoms with E-state index in [0.29, 0.717) is 11.8 Å². The Labute approximate surface area is 161 Å². The Balaban J connectivity index is 1.58. The maximum absolute atomic E-state index is 11.5. The van der Waals surface area contributed by atoms with E-state index in [1.165, 1.54) is 25.0 Å². The average molecular weight is 370 g/mol. The lowest BCUT2D eigenvalue weighted by Gasteiger charge is -2.55. The van der Waals surface area contributed by atoms with E-state index in [2.05, 4.69) is 26.0 Å². The molecular formula is C23H30O4. The second-order valence-corrected chi connectivity index (χ2v) is 9.19. The van der Waals surface area contributed by atoms with Crippen LogP contribution in [-0.4, -0.2) is 18.0 Å². The minimum atomic E-state index is -0.235. The monoisotopic (exact) mass is 370 g/mol. The molecule has 4 heteroatoms. The van der Waals surface area contributed by atoms with Crippen molar-refractivity contribution in [1.82, 2.24) is 0 Å². The van der Waals surface area contributed by atoms with Gasteiger partial charge in [0.25, 0.3) is 0 Å². The zero-order chi connectivity index (χ0) is 19.4. The summed E-state index contributed by atoms with van der Waals surface area (Å²) in [5.41, 5.74) is 2.97. The second kappa shape index (κ2) is 6.35. The lowest BCUT2D eigenvalue weighted by atomic mass is 9.49. The molecular weight excluding hydrogens is 340 g/mol. The molecule has 0 heterocycles. The molecule has 0 unspecified atom stereocenters. The average Bonchev–Trinajstić information content (AvgIpc) is 2.91. The molecule has 0 aromatic heterocycles. The first-order chi connectivity index (χ1) is 12.7. The van der Waals surface area contributed by atoms with Gasteiger partial charge in [-0.2, -0.15) is 0 Å². The van der Waals surface area contributed by atoms with Gasteiger partial charge in [0, 0.05) is 25.7 Å². The molecule has 0 N–H and O–H groups in total. The minimum absolute atomic E-state index is 0.0372. The summed E-state index contributed by atoms with van der Waals surface area (Å²) in [5, 5.41) is 0. The van der Waals surface area contributed by atoms with Gasteiger partial charge >= 0.3 is 11.9 Å². The number of rotatable bonds is 2. The Hall–Kier alpha value is -1.84. The smallest absolute Gasteiger partial charge is 0.307 e. The van der Waals surface area contributed by atoms with Gasteiger partial charge < -0.3 is 9.47 Å². The lowest BCUT2D eigenvalue weighted by molar-refractivity contribution is -0.148. The number of fused-ring (bicyclic) bond motifs is 5. The third-order valence-electron chi connectivity index (χ3n) is 7.63. The molecule has 0 aromatic rings. The Kier molecular flexibility index (Phi) is 4.36. The van der Waals surface area contributed by atoms with Crippen LogP contribution in [0.4, 0.5) is 0 Å². The number of carbonyl (C=O) groups is 2. The van der Waals surface area contributed by atoms with Crippen LogP contribution in [0.25, 0.3) is 0 Å². The van der Waals surface area contributed by atoms with Gasteiger partial charge in [-0.1, -0.05) is 30.2 Å². The first kappa shape index (κ1) is 18.5. The summed E-state index contributed by atoms with van der Waals surface area (Å²) in [6.07, 6.45) is 12.8. The van der Waals surface area contributed by atoms with Crippen LogP contribution >= 0.6 is 0 Å². The van der Waals surface area contributed by atoms with Crippen molar-refractivity contribution in [1.29, 1.82) is 0 Å². The molecule has 146 valence electrons. The van der Waals surface area contributed by atoms with E-state index < -0.39 is 0 Å². The van der Waals surface area contributed by atoms with E-state index in [1.807, 2.05) is 6.08 Å². The van der Waals surface area contributed by atoms with Crippen LogP contribution in [0.15, 0.2) is 35.1 Å². The number of esters is 2. The van der Waals surface area contributed by atoms with Crippen molar-refractivity contribution >= 4 is 11.9 Å². The van der Waals surface area contributed by atoms with E-state index >= 15 is 0 Å². The van der Waals surface area contributed by atoms with Crippen LogP contribution in [0, 0.1) is 22.7 Å². The maximum Gasteiger partial charge on any atom is 0.307 e. The molecule has 2 saturated carbocycles. The number of allylic oxidation sites excluding steroid dienone is 4. The van der Waals surface area contributed by atoms with Crippen LogP contribution in [-0.2, 0) is 19.1 Å². The molecule has 27 heavy (non-hydrogen) atoms. The Bertz CT molecular complexity index is 773. The minimum Gasteiger partial charge on any atom is -0.462 e. The third kappa shape index (κ3) is 2.88. The largest absolute Gasteiger partial charge is 0.462 e. The zero-order valence-electron chi connectivity index (χ0n) is 16.8. The van der Waals surface area contributed by atoms with Gasteiger partial charge in [-0.15, -0.1) is 0 Å². The summed E-state index contributed by atoms with van der Waals surface area (Å²) < 4.78 is 11.1. The Morgan fingerprint density at radius 2 is 1.85 bits per heavy atom. The molecule has 0 aliphatic heterocycles. The van der Waals surface area contributed by atoms with Crippen LogP contribution in [0.5, 0.6) is 0 Å². The fourth-order valence-electron chi connectivity index (χ4n) is 6.24. The molecule has 0 amide bonds. The second-order valence-electron chi connectivity index (χ2n) is 9.19. The van der Waals surface area contributed by atoms with Crippen molar-refractivity contribution in [2.45, 2.75) is 72.3 Å². The van der Waals surface area contributed by atoms with Gasteiger partial charge in [-0.25, -0.2) is 0 Å². The van der Waals surface area contributed by atoms with Gasteiger partial charge in [0.15, 0.2) is 0 Å². The van der Waals surface area contributed by atoms with Crippen molar-refractivity contribution in [3.05, 3.63) is 35.1 Å². The van der Waals surface area contributed by atoms with Gasteiger partial charge in [0.2, 0.25) is 0 Å². The number of hydrogen-bond acceptors (Lipinski definition) is 4. The van der Waals surface area contributed by atoms with Crippen molar-refractivity contribution in [2.24, 2.45) is 22.7 Å². The standard InChI is InChI=1S/C23H30O4/c1-14(24)26-17-9-11-22(3)16(13-17)5-6-18-19-7-8-21(27-15(2)25)23(19,4)12-10-20(18)22/h5,7-8,17-18,20H,6,9-13H2,1-4H3/t17-,18+,20+,22+,23+/m1/s1. The maximum atomic E-state index is 11.5. The van der Waals surface area contributed by atoms with Crippen molar-refractivity contribution < 1.29 is 19.1 Å². The fraction of sp³-hybridized carbons (Fsp3) is 0.652. The summed E-state index contributed by atoms with van der Waals surface area (Å²) in [5.74, 6) is 1.53.